The van der Waals surface area contributed by atoms with Crippen molar-refractivity contribution in [1.82, 2.24) is 24.5 Å². The molecule has 0 fully saturated rings. The van der Waals surface area contributed by atoms with Gasteiger partial charge in [0.25, 0.3) is 0 Å². The molecule has 96 valence electrons. The third kappa shape index (κ3) is 2.55. The molecule has 0 unspecified atom stereocenters. The average molecular weight is 248 g/mol. The van der Waals surface area contributed by atoms with Crippen molar-refractivity contribution in [2.24, 2.45) is 0 Å². The lowest BCUT2D eigenvalue weighted by atomic mass is 10.6. The molecule has 0 aliphatic rings. The molecule has 2 rings (SSSR count). The molecule has 2 aromatic heterocycles. The van der Waals surface area contributed by atoms with Crippen molar-refractivity contribution < 1.29 is 4.74 Å². The van der Waals surface area contributed by atoms with Crippen LogP contribution in [0.3, 0.4) is 0 Å². The van der Waals surface area contributed by atoms with Gasteiger partial charge in [0.15, 0.2) is 0 Å². The molecular weight excluding hydrogens is 232 g/mol. The van der Waals surface area contributed by atoms with Crippen LogP contribution in [0, 0.1) is 6.92 Å². The number of aryl methyl sites for hydroxylation is 1. The van der Waals surface area contributed by atoms with E-state index in [1.807, 2.05) is 20.8 Å². The number of ether oxygens (including phenoxy) is 1. The van der Waals surface area contributed by atoms with Crippen LogP contribution in [0.5, 0.6) is 6.01 Å². The predicted molar refractivity (Wildman–Crippen MR) is 67.0 cm³/mol. The fourth-order valence-corrected chi connectivity index (χ4v) is 1.47. The van der Waals surface area contributed by atoms with E-state index in [1.54, 1.807) is 17.0 Å². The Kier molecular flexibility index (Phi) is 3.71. The van der Waals surface area contributed by atoms with Crippen LogP contribution < -0.4 is 10.1 Å². The first-order valence-electron chi connectivity index (χ1n) is 5.87. The van der Waals surface area contributed by atoms with Gasteiger partial charge in [-0.2, -0.15) is 15.0 Å². The fourth-order valence-electron chi connectivity index (χ4n) is 1.47. The highest BCUT2D eigenvalue weighted by atomic mass is 16.5. The van der Waals surface area contributed by atoms with E-state index in [1.165, 1.54) is 0 Å². The maximum atomic E-state index is 5.34. The Morgan fingerprint density at radius 2 is 2.11 bits per heavy atom. The van der Waals surface area contributed by atoms with E-state index in [0.717, 1.165) is 12.4 Å². The van der Waals surface area contributed by atoms with E-state index in [-0.39, 0.29) is 0 Å². The summed E-state index contributed by atoms with van der Waals surface area (Å²) in [7, 11) is 0. The van der Waals surface area contributed by atoms with Gasteiger partial charge in [-0.3, -0.25) is 4.57 Å². The smallest absolute Gasteiger partial charge is 0.323 e. The summed E-state index contributed by atoms with van der Waals surface area (Å²) in [5.74, 6) is 1.81. The molecule has 0 amide bonds. The van der Waals surface area contributed by atoms with E-state index in [0.29, 0.717) is 24.5 Å². The largest absolute Gasteiger partial charge is 0.464 e. The number of imidazole rings is 1. The summed E-state index contributed by atoms with van der Waals surface area (Å²) in [4.78, 5) is 16.9. The molecule has 0 aliphatic carbocycles. The number of nitrogens with one attached hydrogen (secondary N) is 1. The monoisotopic (exact) mass is 248 g/mol. The molecular formula is C11H16N6O. The summed E-state index contributed by atoms with van der Waals surface area (Å²) < 4.78 is 7.12. The van der Waals surface area contributed by atoms with Crippen LogP contribution in [0.25, 0.3) is 5.95 Å². The van der Waals surface area contributed by atoms with Gasteiger partial charge in [-0.15, -0.1) is 0 Å². The van der Waals surface area contributed by atoms with Crippen molar-refractivity contribution in [3.8, 4) is 12.0 Å². The number of aromatic nitrogens is 5. The second kappa shape index (κ2) is 5.44. The molecule has 7 heteroatoms. The molecule has 0 atom stereocenters. The molecule has 0 aromatic carbocycles. The Bertz CT molecular complexity index is 500. The zero-order valence-electron chi connectivity index (χ0n) is 10.7. The molecule has 18 heavy (non-hydrogen) atoms. The van der Waals surface area contributed by atoms with E-state index >= 15 is 0 Å². The van der Waals surface area contributed by atoms with E-state index in [9.17, 15) is 0 Å². The van der Waals surface area contributed by atoms with E-state index in [4.69, 9.17) is 4.74 Å². The molecule has 0 aliphatic heterocycles. The first-order valence-corrected chi connectivity index (χ1v) is 5.87. The van der Waals surface area contributed by atoms with Crippen molar-refractivity contribution in [3.05, 3.63) is 18.2 Å². The highest BCUT2D eigenvalue weighted by Crippen LogP contribution is 2.12. The van der Waals surface area contributed by atoms with Crippen molar-refractivity contribution in [2.45, 2.75) is 20.8 Å². The number of hydrogen-bond donors (Lipinski definition) is 1. The third-order valence-electron chi connectivity index (χ3n) is 2.25. The number of nitrogens with zero attached hydrogens (tertiary/aromatic N) is 5. The maximum Gasteiger partial charge on any atom is 0.323 e. The molecule has 0 radical (unpaired) electrons. The topological polar surface area (TPSA) is 77.8 Å². The summed E-state index contributed by atoms with van der Waals surface area (Å²) in [5.41, 5.74) is 0. The number of anilines is 1. The molecule has 2 heterocycles. The summed E-state index contributed by atoms with van der Waals surface area (Å²) >= 11 is 0. The van der Waals surface area contributed by atoms with Crippen LogP contribution in [-0.2, 0) is 0 Å². The minimum absolute atomic E-state index is 0.312. The Morgan fingerprint density at radius 1 is 1.28 bits per heavy atom. The van der Waals surface area contributed by atoms with Crippen molar-refractivity contribution in [3.63, 3.8) is 0 Å². The van der Waals surface area contributed by atoms with Crippen LogP contribution in [0.15, 0.2) is 12.4 Å². The summed E-state index contributed by atoms with van der Waals surface area (Å²) in [6, 6.07) is 0.312. The van der Waals surface area contributed by atoms with Gasteiger partial charge in [0, 0.05) is 18.9 Å². The zero-order chi connectivity index (χ0) is 13.0. The minimum Gasteiger partial charge on any atom is -0.464 e. The Balaban J connectivity index is 2.42. The van der Waals surface area contributed by atoms with Gasteiger partial charge in [-0.05, 0) is 20.8 Å². The van der Waals surface area contributed by atoms with Crippen LogP contribution >= 0.6 is 0 Å². The van der Waals surface area contributed by atoms with Gasteiger partial charge >= 0.3 is 6.01 Å². The average Bonchev–Trinajstić information content (AvgIpc) is 2.76. The number of rotatable bonds is 5. The highest BCUT2D eigenvalue weighted by molar-refractivity contribution is 5.30. The molecule has 0 saturated heterocycles. The predicted octanol–water partition coefficient (Wildman–Crippen LogP) is 1.20. The van der Waals surface area contributed by atoms with Crippen molar-refractivity contribution in [1.29, 1.82) is 0 Å². The molecule has 1 N–H and O–H groups in total. The third-order valence-corrected chi connectivity index (χ3v) is 2.25. The molecule has 0 spiro atoms. The lowest BCUT2D eigenvalue weighted by Crippen LogP contribution is -2.11. The first kappa shape index (κ1) is 12.3. The van der Waals surface area contributed by atoms with Crippen molar-refractivity contribution in [2.75, 3.05) is 18.5 Å². The number of hydrogen-bond acceptors (Lipinski definition) is 6. The lowest BCUT2D eigenvalue weighted by Gasteiger charge is -2.08. The van der Waals surface area contributed by atoms with Crippen molar-refractivity contribution >= 4 is 5.95 Å². The van der Waals surface area contributed by atoms with E-state index < -0.39 is 0 Å². The minimum atomic E-state index is 0.312. The first-order chi connectivity index (χ1) is 8.74. The fraction of sp³-hybridized carbons (Fsp3) is 0.455. The van der Waals surface area contributed by atoms with Gasteiger partial charge in [0.1, 0.15) is 5.82 Å². The molecule has 2 aromatic rings. The molecule has 7 nitrogen and oxygen atoms in total. The summed E-state index contributed by atoms with van der Waals surface area (Å²) in [5, 5.41) is 3.05. The second-order valence-electron chi connectivity index (χ2n) is 3.55. The quantitative estimate of drug-likeness (QED) is 0.856. The van der Waals surface area contributed by atoms with Crippen LogP contribution in [0.1, 0.15) is 19.7 Å². The lowest BCUT2D eigenvalue weighted by molar-refractivity contribution is 0.311. The van der Waals surface area contributed by atoms with Gasteiger partial charge in [0.05, 0.1) is 6.61 Å². The normalized spacial score (nSPS) is 10.4. The maximum absolute atomic E-state index is 5.34. The summed E-state index contributed by atoms with van der Waals surface area (Å²) in [6.07, 6.45) is 3.50. The van der Waals surface area contributed by atoms with Crippen LogP contribution in [-0.4, -0.2) is 37.7 Å². The van der Waals surface area contributed by atoms with Crippen LogP contribution in [0.2, 0.25) is 0 Å². The van der Waals surface area contributed by atoms with E-state index in [2.05, 4.69) is 25.3 Å². The summed E-state index contributed by atoms with van der Waals surface area (Å²) in [6.45, 7) is 7.00. The van der Waals surface area contributed by atoms with Gasteiger partial charge in [-0.1, -0.05) is 0 Å². The molecule has 0 saturated carbocycles. The van der Waals surface area contributed by atoms with Gasteiger partial charge < -0.3 is 10.1 Å². The Hall–Kier alpha value is -2.18. The zero-order valence-corrected chi connectivity index (χ0v) is 10.7. The van der Waals surface area contributed by atoms with Gasteiger partial charge in [-0.25, -0.2) is 4.98 Å². The van der Waals surface area contributed by atoms with Gasteiger partial charge in [0.2, 0.25) is 11.9 Å². The Labute approximate surface area is 105 Å². The highest BCUT2D eigenvalue weighted by Gasteiger charge is 2.10. The standard InChI is InChI=1S/C11H16N6O/c1-4-12-9-14-10(16-11(15-9)18-5-2)17-7-6-13-8(17)3/h6-7H,4-5H2,1-3H3,(H,12,14,15,16). The SMILES string of the molecule is CCNc1nc(OCC)nc(-n2ccnc2C)n1. The Morgan fingerprint density at radius 3 is 2.72 bits per heavy atom. The van der Waals surface area contributed by atoms with Crippen LogP contribution in [0.4, 0.5) is 5.95 Å². The second-order valence-corrected chi connectivity index (χ2v) is 3.55. The molecule has 0 bridgehead atoms.